The van der Waals surface area contributed by atoms with E-state index in [0.29, 0.717) is 6.07 Å². The van der Waals surface area contributed by atoms with Gasteiger partial charge in [-0.15, -0.1) is 0 Å². The number of carbonyl (C=O) groups is 2. The number of halogens is 4. The lowest BCUT2D eigenvalue weighted by Crippen LogP contribution is -2.48. The van der Waals surface area contributed by atoms with Gasteiger partial charge in [0.1, 0.15) is 6.04 Å². The third-order valence-corrected chi connectivity index (χ3v) is 2.70. The molecule has 1 aromatic carbocycles. The predicted octanol–water partition coefficient (Wildman–Crippen LogP) is 1.50. The molecule has 1 N–H and O–H groups in total. The molecule has 23 heavy (non-hydrogen) atoms. The number of nitrogens with zero attached hydrogens (tertiary/aromatic N) is 1. The Balaban J connectivity index is 2.98. The SMILES string of the molecule is COC(=O)[C@@H](Cc1ccc([N+](=O)[O-])c(F)c1)NC(=O)C(F)(F)F. The summed E-state index contributed by atoms with van der Waals surface area (Å²) in [5, 5.41) is 11.9. The summed E-state index contributed by atoms with van der Waals surface area (Å²) in [5.74, 6) is -4.77. The summed E-state index contributed by atoms with van der Waals surface area (Å²) >= 11 is 0. The molecule has 0 unspecified atom stereocenters. The smallest absolute Gasteiger partial charge is 0.467 e. The van der Waals surface area contributed by atoms with Gasteiger partial charge in [0.25, 0.3) is 0 Å². The second-order valence-corrected chi connectivity index (χ2v) is 4.29. The summed E-state index contributed by atoms with van der Waals surface area (Å²) in [7, 11) is 0.894. The number of rotatable bonds is 5. The molecule has 126 valence electrons. The van der Waals surface area contributed by atoms with E-state index in [2.05, 4.69) is 4.74 Å². The average molecular weight is 338 g/mol. The fourth-order valence-electron chi connectivity index (χ4n) is 1.64. The lowest BCUT2D eigenvalue weighted by atomic mass is 10.1. The lowest BCUT2D eigenvalue weighted by molar-refractivity contribution is -0.387. The Morgan fingerprint density at radius 3 is 2.43 bits per heavy atom. The van der Waals surface area contributed by atoms with Crippen LogP contribution in [0.15, 0.2) is 18.2 Å². The maximum absolute atomic E-state index is 13.5. The van der Waals surface area contributed by atoms with Gasteiger partial charge in [0.2, 0.25) is 5.82 Å². The highest BCUT2D eigenvalue weighted by Gasteiger charge is 2.41. The Morgan fingerprint density at radius 1 is 1.39 bits per heavy atom. The van der Waals surface area contributed by atoms with Crippen molar-refractivity contribution in [3.8, 4) is 0 Å². The number of alkyl halides is 3. The van der Waals surface area contributed by atoms with Gasteiger partial charge in [0.15, 0.2) is 0 Å². The summed E-state index contributed by atoms with van der Waals surface area (Å²) < 4.78 is 54.4. The molecular weight excluding hydrogens is 328 g/mol. The van der Waals surface area contributed by atoms with Crippen molar-refractivity contribution < 1.29 is 36.8 Å². The molecule has 0 aliphatic heterocycles. The van der Waals surface area contributed by atoms with E-state index in [9.17, 15) is 37.3 Å². The Kier molecular flexibility index (Phi) is 5.60. The third kappa shape index (κ3) is 4.90. The van der Waals surface area contributed by atoms with Crippen molar-refractivity contribution in [1.29, 1.82) is 0 Å². The molecule has 0 fully saturated rings. The van der Waals surface area contributed by atoms with Gasteiger partial charge in [-0.25, -0.2) is 4.79 Å². The first-order valence-corrected chi connectivity index (χ1v) is 5.94. The summed E-state index contributed by atoms with van der Waals surface area (Å²) in [6.45, 7) is 0. The van der Waals surface area contributed by atoms with E-state index >= 15 is 0 Å². The number of nitrogens with one attached hydrogen (secondary N) is 1. The van der Waals surface area contributed by atoms with Crippen molar-refractivity contribution >= 4 is 17.6 Å². The molecule has 0 saturated carbocycles. The van der Waals surface area contributed by atoms with Gasteiger partial charge >= 0.3 is 23.7 Å². The van der Waals surface area contributed by atoms with Crippen LogP contribution in [0.25, 0.3) is 0 Å². The molecule has 1 atom stereocenters. The van der Waals surface area contributed by atoms with Crippen molar-refractivity contribution in [3.63, 3.8) is 0 Å². The van der Waals surface area contributed by atoms with Crippen LogP contribution in [0.3, 0.4) is 0 Å². The van der Waals surface area contributed by atoms with Crippen LogP contribution in [-0.2, 0) is 20.7 Å². The number of ether oxygens (including phenoxy) is 1. The number of methoxy groups -OCH3 is 1. The zero-order chi connectivity index (χ0) is 17.8. The highest BCUT2D eigenvalue weighted by molar-refractivity contribution is 5.87. The van der Waals surface area contributed by atoms with Gasteiger partial charge in [0.05, 0.1) is 12.0 Å². The van der Waals surface area contributed by atoms with Crippen molar-refractivity contribution in [1.82, 2.24) is 5.32 Å². The molecule has 0 aliphatic carbocycles. The number of esters is 1. The van der Waals surface area contributed by atoms with Gasteiger partial charge in [-0.05, 0) is 11.6 Å². The summed E-state index contributed by atoms with van der Waals surface area (Å²) in [6.07, 6.45) is -5.75. The van der Waals surface area contributed by atoms with Crippen LogP contribution in [0, 0.1) is 15.9 Å². The highest BCUT2D eigenvalue weighted by Crippen LogP contribution is 2.20. The van der Waals surface area contributed by atoms with E-state index < -0.39 is 46.9 Å². The number of nitro groups is 1. The quantitative estimate of drug-likeness (QED) is 0.380. The summed E-state index contributed by atoms with van der Waals surface area (Å²) in [5.41, 5.74) is -0.867. The number of benzene rings is 1. The van der Waals surface area contributed by atoms with Crippen LogP contribution in [-0.4, -0.2) is 36.1 Å². The molecule has 1 rings (SSSR count). The minimum Gasteiger partial charge on any atom is -0.467 e. The zero-order valence-corrected chi connectivity index (χ0v) is 11.5. The number of amides is 1. The van der Waals surface area contributed by atoms with Crippen LogP contribution >= 0.6 is 0 Å². The fraction of sp³-hybridized carbons (Fsp3) is 0.333. The van der Waals surface area contributed by atoms with Crippen molar-refractivity contribution in [2.75, 3.05) is 7.11 Å². The van der Waals surface area contributed by atoms with Gasteiger partial charge < -0.3 is 10.1 Å². The Morgan fingerprint density at radius 2 is 2.00 bits per heavy atom. The Hall–Kier alpha value is -2.72. The highest BCUT2D eigenvalue weighted by atomic mass is 19.4. The average Bonchev–Trinajstić information content (AvgIpc) is 2.44. The van der Waals surface area contributed by atoms with E-state index in [1.807, 2.05) is 0 Å². The van der Waals surface area contributed by atoms with Crippen molar-refractivity contribution in [2.45, 2.75) is 18.6 Å². The molecule has 0 aliphatic rings. The van der Waals surface area contributed by atoms with Crippen LogP contribution in [0.5, 0.6) is 0 Å². The van der Waals surface area contributed by atoms with Crippen LogP contribution < -0.4 is 5.32 Å². The standard InChI is InChI=1S/C12H10F4N2O5/c1-23-10(19)8(17-11(20)12(14,15)16)5-6-2-3-9(18(21)22)7(13)4-6/h2-4,8H,5H2,1H3,(H,17,20)/t8-/m1/s1. The van der Waals surface area contributed by atoms with Crippen molar-refractivity contribution in [3.05, 3.63) is 39.7 Å². The maximum atomic E-state index is 13.5. The number of nitro benzene ring substituents is 1. The van der Waals surface area contributed by atoms with Gasteiger partial charge in [-0.3, -0.25) is 14.9 Å². The number of hydrogen-bond acceptors (Lipinski definition) is 5. The molecule has 0 aromatic heterocycles. The molecule has 1 aromatic rings. The summed E-state index contributed by atoms with van der Waals surface area (Å²) in [6, 6.07) is 0.810. The van der Waals surface area contributed by atoms with E-state index in [-0.39, 0.29) is 5.56 Å². The molecule has 0 bridgehead atoms. The van der Waals surface area contributed by atoms with Gasteiger partial charge in [0, 0.05) is 12.5 Å². The molecule has 0 saturated heterocycles. The molecular formula is C12H10F4N2O5. The third-order valence-electron chi connectivity index (χ3n) is 2.70. The molecule has 0 spiro atoms. The van der Waals surface area contributed by atoms with E-state index in [1.54, 1.807) is 0 Å². The number of carbonyl (C=O) groups excluding carboxylic acids is 2. The summed E-state index contributed by atoms with van der Waals surface area (Å²) in [4.78, 5) is 31.8. The maximum Gasteiger partial charge on any atom is 0.471 e. The molecule has 7 nitrogen and oxygen atoms in total. The van der Waals surface area contributed by atoms with Crippen molar-refractivity contribution in [2.24, 2.45) is 0 Å². The second kappa shape index (κ2) is 7.03. The van der Waals surface area contributed by atoms with E-state index in [1.165, 1.54) is 5.32 Å². The first-order chi connectivity index (χ1) is 10.6. The van der Waals surface area contributed by atoms with Crippen LogP contribution in [0.4, 0.5) is 23.2 Å². The molecule has 0 radical (unpaired) electrons. The fourth-order valence-corrected chi connectivity index (χ4v) is 1.64. The van der Waals surface area contributed by atoms with E-state index in [0.717, 1.165) is 19.2 Å². The van der Waals surface area contributed by atoms with Crippen LogP contribution in [0.1, 0.15) is 5.56 Å². The minimum absolute atomic E-state index is 0.0361. The molecule has 0 heterocycles. The number of hydrogen-bond donors (Lipinski definition) is 1. The molecule has 1 amide bonds. The first-order valence-electron chi connectivity index (χ1n) is 5.94. The predicted molar refractivity (Wildman–Crippen MR) is 66.8 cm³/mol. The monoisotopic (exact) mass is 338 g/mol. The Labute approximate surface area is 126 Å². The molecule has 11 heteroatoms. The lowest BCUT2D eigenvalue weighted by Gasteiger charge is -2.17. The topological polar surface area (TPSA) is 98.5 Å². The zero-order valence-electron chi connectivity index (χ0n) is 11.5. The minimum atomic E-state index is -5.22. The second-order valence-electron chi connectivity index (χ2n) is 4.29. The first kappa shape index (κ1) is 18.3. The Bertz CT molecular complexity index is 632. The largest absolute Gasteiger partial charge is 0.471 e. The van der Waals surface area contributed by atoms with Gasteiger partial charge in [-0.1, -0.05) is 6.07 Å². The normalized spacial score (nSPS) is 12.4. The van der Waals surface area contributed by atoms with E-state index in [4.69, 9.17) is 0 Å². The van der Waals surface area contributed by atoms with Gasteiger partial charge in [-0.2, -0.15) is 17.6 Å². The van der Waals surface area contributed by atoms with Crippen LogP contribution in [0.2, 0.25) is 0 Å².